The minimum absolute atomic E-state index is 0. The zero-order valence-corrected chi connectivity index (χ0v) is 14.1. The van der Waals surface area contributed by atoms with Crippen molar-refractivity contribution in [1.82, 2.24) is 5.32 Å². The Balaban J connectivity index is 0.00000361. The van der Waals surface area contributed by atoms with E-state index in [4.69, 9.17) is 5.73 Å². The summed E-state index contributed by atoms with van der Waals surface area (Å²) in [5, 5.41) is 3.04. The van der Waals surface area contributed by atoms with Gasteiger partial charge in [0.2, 0.25) is 0 Å². The summed E-state index contributed by atoms with van der Waals surface area (Å²) in [4.78, 5) is 13.4. The smallest absolute Gasteiger partial charge is 0.251 e. The molecule has 3 N–H and O–H groups in total. The van der Waals surface area contributed by atoms with Gasteiger partial charge in [0.15, 0.2) is 0 Å². The molecule has 0 radical (unpaired) electrons. The zero-order chi connectivity index (χ0) is 14.3. The van der Waals surface area contributed by atoms with Crippen molar-refractivity contribution in [2.75, 3.05) is 12.8 Å². The molecule has 0 saturated carbocycles. The Hall–Kier alpha value is -0.710. The van der Waals surface area contributed by atoms with Gasteiger partial charge in [-0.15, -0.1) is 24.2 Å². The summed E-state index contributed by atoms with van der Waals surface area (Å²) in [6.07, 6.45) is 5.16. The molecule has 1 rings (SSSR count). The molecule has 1 aromatic carbocycles. The highest BCUT2D eigenvalue weighted by atomic mass is 35.5. The van der Waals surface area contributed by atoms with Crippen LogP contribution in [-0.2, 0) is 0 Å². The van der Waals surface area contributed by atoms with Crippen molar-refractivity contribution in [3.05, 3.63) is 29.3 Å². The maximum Gasteiger partial charge on any atom is 0.251 e. The molecule has 0 spiro atoms. The van der Waals surface area contributed by atoms with Gasteiger partial charge in [-0.1, -0.05) is 25.8 Å². The number of hydrogen-bond donors (Lipinski definition) is 2. The van der Waals surface area contributed by atoms with Gasteiger partial charge in [-0.05, 0) is 37.3 Å². The van der Waals surface area contributed by atoms with Gasteiger partial charge in [0.05, 0.1) is 0 Å². The topological polar surface area (TPSA) is 55.1 Å². The summed E-state index contributed by atoms with van der Waals surface area (Å²) >= 11 is 1.64. The molecule has 0 aromatic heterocycles. The maximum absolute atomic E-state index is 12.3. The molecule has 0 bridgehead atoms. The third-order valence-electron chi connectivity index (χ3n) is 3.22. The van der Waals surface area contributed by atoms with Gasteiger partial charge in [0.25, 0.3) is 5.91 Å². The van der Waals surface area contributed by atoms with E-state index in [-0.39, 0.29) is 24.4 Å². The van der Waals surface area contributed by atoms with Crippen LogP contribution >= 0.6 is 24.2 Å². The second-order valence-corrected chi connectivity index (χ2v) is 5.61. The zero-order valence-electron chi connectivity index (χ0n) is 12.4. The van der Waals surface area contributed by atoms with Crippen LogP contribution < -0.4 is 11.1 Å². The maximum atomic E-state index is 12.3. The van der Waals surface area contributed by atoms with Crippen LogP contribution in [0.1, 0.15) is 42.1 Å². The molecule has 1 aromatic rings. The van der Waals surface area contributed by atoms with E-state index < -0.39 is 0 Å². The van der Waals surface area contributed by atoms with Crippen LogP contribution in [0.5, 0.6) is 0 Å². The molecule has 5 heteroatoms. The molecule has 20 heavy (non-hydrogen) atoms. The number of thioether (sulfide) groups is 1. The normalized spacial score (nSPS) is 11.6. The van der Waals surface area contributed by atoms with E-state index in [2.05, 4.69) is 12.2 Å². The number of benzene rings is 1. The van der Waals surface area contributed by atoms with Gasteiger partial charge < -0.3 is 11.1 Å². The number of carbonyl (C=O) groups excluding carboxylic acids is 1. The summed E-state index contributed by atoms with van der Waals surface area (Å²) in [7, 11) is 0. The average molecular weight is 317 g/mol. The van der Waals surface area contributed by atoms with E-state index in [1.54, 1.807) is 11.8 Å². The van der Waals surface area contributed by atoms with Gasteiger partial charge in [-0.3, -0.25) is 4.79 Å². The van der Waals surface area contributed by atoms with E-state index in [0.29, 0.717) is 6.54 Å². The molecule has 0 heterocycles. The molecule has 0 aliphatic heterocycles. The Labute approximate surface area is 132 Å². The van der Waals surface area contributed by atoms with Crippen molar-refractivity contribution >= 4 is 30.1 Å². The molecule has 1 amide bonds. The van der Waals surface area contributed by atoms with Crippen molar-refractivity contribution < 1.29 is 4.79 Å². The highest BCUT2D eigenvalue weighted by Crippen LogP contribution is 2.19. The summed E-state index contributed by atoms with van der Waals surface area (Å²) in [5.74, 6) is -0.0139. The largest absolute Gasteiger partial charge is 0.348 e. The summed E-state index contributed by atoms with van der Waals surface area (Å²) in [5.41, 5.74) is 7.47. The Bertz CT molecular complexity index is 426. The Morgan fingerprint density at radius 2 is 2.15 bits per heavy atom. The fraction of sp³-hybridized carbons (Fsp3) is 0.533. The molecular weight excluding hydrogens is 292 g/mol. The number of hydrogen-bond acceptors (Lipinski definition) is 3. The summed E-state index contributed by atoms with van der Waals surface area (Å²) < 4.78 is 0. The van der Waals surface area contributed by atoms with Gasteiger partial charge >= 0.3 is 0 Å². The minimum atomic E-state index is -0.0139. The van der Waals surface area contributed by atoms with E-state index in [0.717, 1.165) is 35.3 Å². The van der Waals surface area contributed by atoms with Crippen LogP contribution in [0.4, 0.5) is 0 Å². The van der Waals surface area contributed by atoms with Crippen molar-refractivity contribution in [2.24, 2.45) is 5.73 Å². The number of carbonyl (C=O) groups is 1. The number of halogens is 1. The second-order valence-electron chi connectivity index (χ2n) is 4.73. The highest BCUT2D eigenvalue weighted by Gasteiger charge is 2.14. The molecule has 0 fully saturated rings. The molecule has 114 valence electrons. The first-order chi connectivity index (χ1) is 9.12. The molecule has 1 unspecified atom stereocenters. The van der Waals surface area contributed by atoms with Gasteiger partial charge in [0, 0.05) is 23.0 Å². The predicted molar refractivity (Wildman–Crippen MR) is 90.0 cm³/mol. The molecular formula is C15H25ClN2OS. The van der Waals surface area contributed by atoms with Crippen LogP contribution in [0, 0.1) is 6.92 Å². The first kappa shape index (κ1) is 19.3. The molecule has 3 nitrogen and oxygen atoms in total. The van der Waals surface area contributed by atoms with E-state index in [1.807, 2.05) is 31.4 Å². The number of amides is 1. The number of nitrogens with two attached hydrogens (primary N) is 1. The predicted octanol–water partition coefficient (Wildman–Crippen LogP) is 3.39. The van der Waals surface area contributed by atoms with Gasteiger partial charge in [-0.2, -0.15) is 0 Å². The van der Waals surface area contributed by atoms with Crippen LogP contribution in [0.2, 0.25) is 0 Å². The fourth-order valence-corrected chi connectivity index (χ4v) is 2.38. The first-order valence-electron chi connectivity index (χ1n) is 6.78. The third kappa shape index (κ3) is 5.73. The molecule has 0 saturated heterocycles. The summed E-state index contributed by atoms with van der Waals surface area (Å²) in [6.45, 7) is 4.59. The Morgan fingerprint density at radius 1 is 1.45 bits per heavy atom. The monoisotopic (exact) mass is 316 g/mol. The Kier molecular flexibility index (Phi) is 9.72. The third-order valence-corrected chi connectivity index (χ3v) is 3.94. The lowest BCUT2D eigenvalue weighted by molar-refractivity contribution is 0.0935. The SMILES string of the molecule is CCCCC(CN)NC(=O)c1cc(SC)ccc1C.Cl. The fourth-order valence-electron chi connectivity index (χ4n) is 1.94. The molecule has 0 aliphatic carbocycles. The van der Waals surface area contributed by atoms with Gasteiger partial charge in [0.1, 0.15) is 0 Å². The lowest BCUT2D eigenvalue weighted by atomic mass is 10.1. The second kappa shape index (κ2) is 10.1. The quantitative estimate of drug-likeness (QED) is 0.758. The van der Waals surface area contributed by atoms with Gasteiger partial charge in [-0.25, -0.2) is 0 Å². The standard InChI is InChI=1S/C15H24N2OS.ClH/c1-4-5-6-12(10-16)17-15(18)14-9-13(19-3)8-7-11(14)2;/h7-9,12H,4-6,10,16H2,1-3H3,(H,17,18);1H. The van der Waals surface area contributed by atoms with Crippen molar-refractivity contribution in [1.29, 1.82) is 0 Å². The first-order valence-corrected chi connectivity index (χ1v) is 8.00. The molecule has 0 aliphatic rings. The number of nitrogens with one attached hydrogen (secondary N) is 1. The van der Waals surface area contributed by atoms with Crippen LogP contribution in [-0.4, -0.2) is 24.7 Å². The lowest BCUT2D eigenvalue weighted by Gasteiger charge is -2.17. The van der Waals surface area contributed by atoms with E-state index in [9.17, 15) is 4.79 Å². The van der Waals surface area contributed by atoms with Crippen molar-refractivity contribution in [2.45, 2.75) is 44.0 Å². The average Bonchev–Trinajstić information content (AvgIpc) is 2.43. The van der Waals surface area contributed by atoms with Crippen LogP contribution in [0.25, 0.3) is 0 Å². The Morgan fingerprint density at radius 3 is 2.70 bits per heavy atom. The number of unbranched alkanes of at least 4 members (excludes halogenated alkanes) is 1. The molecule has 1 atom stereocenters. The van der Waals surface area contributed by atoms with E-state index in [1.165, 1.54) is 0 Å². The van der Waals surface area contributed by atoms with Crippen LogP contribution in [0.15, 0.2) is 23.1 Å². The number of aryl methyl sites for hydroxylation is 1. The van der Waals surface area contributed by atoms with E-state index >= 15 is 0 Å². The highest BCUT2D eigenvalue weighted by molar-refractivity contribution is 7.98. The minimum Gasteiger partial charge on any atom is -0.348 e. The van der Waals surface area contributed by atoms with Crippen LogP contribution in [0.3, 0.4) is 0 Å². The van der Waals surface area contributed by atoms with Crippen molar-refractivity contribution in [3.8, 4) is 0 Å². The number of rotatable bonds is 7. The van der Waals surface area contributed by atoms with Crippen molar-refractivity contribution in [3.63, 3.8) is 0 Å². The lowest BCUT2D eigenvalue weighted by Crippen LogP contribution is -2.40. The summed E-state index contributed by atoms with van der Waals surface area (Å²) in [6, 6.07) is 6.05.